The fourth-order valence-electron chi connectivity index (χ4n) is 3.25. The van der Waals surface area contributed by atoms with Crippen molar-refractivity contribution in [3.8, 4) is 0 Å². The fourth-order valence-corrected chi connectivity index (χ4v) is 3.25. The van der Waals surface area contributed by atoms with E-state index < -0.39 is 5.60 Å². The number of rotatable bonds is 5. The molecule has 0 saturated carbocycles. The Morgan fingerprint density at radius 3 is 2.53 bits per heavy atom. The van der Waals surface area contributed by atoms with E-state index in [1.165, 1.54) is 11.1 Å². The van der Waals surface area contributed by atoms with Crippen molar-refractivity contribution in [3.63, 3.8) is 0 Å². The maximum Gasteiger partial charge on any atom is 0.0834 e. The molecule has 0 fully saturated rings. The van der Waals surface area contributed by atoms with Crippen molar-refractivity contribution in [1.29, 1.82) is 0 Å². The predicted octanol–water partition coefficient (Wildman–Crippen LogP) is 5.11. The number of aliphatic hydroxyl groups is 1. The van der Waals surface area contributed by atoms with Crippen LogP contribution in [-0.2, 0) is 0 Å². The van der Waals surface area contributed by atoms with E-state index in [-0.39, 0.29) is 0 Å². The Bertz CT molecular complexity index is 369. The SMILES string of the molecule is CC(C)=CCCC(C)(O)C1=CCC(C)(C(C)C)C1C. The summed E-state index contributed by atoms with van der Waals surface area (Å²) < 4.78 is 0. The number of hydrogen-bond acceptors (Lipinski definition) is 1. The van der Waals surface area contributed by atoms with Crippen LogP contribution < -0.4 is 0 Å². The summed E-state index contributed by atoms with van der Waals surface area (Å²) >= 11 is 0. The van der Waals surface area contributed by atoms with E-state index in [0.29, 0.717) is 17.3 Å². The lowest BCUT2D eigenvalue weighted by atomic mass is 9.68. The average molecular weight is 264 g/mol. The smallest absolute Gasteiger partial charge is 0.0834 e. The van der Waals surface area contributed by atoms with Crippen molar-refractivity contribution < 1.29 is 5.11 Å². The van der Waals surface area contributed by atoms with Gasteiger partial charge in [-0.15, -0.1) is 0 Å². The summed E-state index contributed by atoms with van der Waals surface area (Å²) in [6, 6.07) is 0. The van der Waals surface area contributed by atoms with Gasteiger partial charge >= 0.3 is 0 Å². The second kappa shape index (κ2) is 5.83. The Morgan fingerprint density at radius 2 is 2.11 bits per heavy atom. The molecular weight excluding hydrogens is 232 g/mol. The maximum absolute atomic E-state index is 10.8. The third kappa shape index (κ3) is 3.51. The first-order valence-electron chi connectivity index (χ1n) is 7.67. The first-order chi connectivity index (χ1) is 8.61. The van der Waals surface area contributed by atoms with Gasteiger partial charge in [0.25, 0.3) is 0 Å². The highest BCUT2D eigenvalue weighted by Gasteiger charge is 2.44. The molecule has 0 amide bonds. The molecule has 1 aliphatic rings. The normalized spacial score (nSPS) is 30.2. The molecule has 0 spiro atoms. The van der Waals surface area contributed by atoms with Crippen molar-refractivity contribution in [2.24, 2.45) is 17.3 Å². The minimum atomic E-state index is -0.655. The molecular formula is C18H32O. The van der Waals surface area contributed by atoms with Crippen LogP contribution in [0.4, 0.5) is 0 Å². The van der Waals surface area contributed by atoms with Gasteiger partial charge in [-0.2, -0.15) is 0 Å². The van der Waals surface area contributed by atoms with E-state index in [0.717, 1.165) is 19.3 Å². The minimum Gasteiger partial charge on any atom is -0.386 e. The monoisotopic (exact) mass is 264 g/mol. The first kappa shape index (κ1) is 16.5. The summed E-state index contributed by atoms with van der Waals surface area (Å²) in [6.45, 7) is 15.5. The first-order valence-corrected chi connectivity index (χ1v) is 7.67. The van der Waals surface area contributed by atoms with Gasteiger partial charge in [-0.05, 0) is 62.9 Å². The topological polar surface area (TPSA) is 20.2 Å². The van der Waals surface area contributed by atoms with Crippen LogP contribution in [-0.4, -0.2) is 10.7 Å². The van der Waals surface area contributed by atoms with E-state index in [9.17, 15) is 5.11 Å². The van der Waals surface area contributed by atoms with Gasteiger partial charge in [0, 0.05) is 0 Å². The van der Waals surface area contributed by atoms with Gasteiger partial charge in [0.05, 0.1) is 5.60 Å². The molecule has 0 aromatic carbocycles. The standard InChI is InChI=1S/C18H32O/c1-13(2)9-8-11-18(7,19)16-10-12-17(6,14(3)4)15(16)5/h9-10,14-15,19H,8,11-12H2,1-7H3. The lowest BCUT2D eigenvalue weighted by Gasteiger charge is -2.38. The van der Waals surface area contributed by atoms with Crippen LogP contribution in [0.3, 0.4) is 0 Å². The number of allylic oxidation sites excluding steroid dienone is 3. The molecule has 3 atom stereocenters. The fraction of sp³-hybridized carbons (Fsp3) is 0.778. The van der Waals surface area contributed by atoms with Crippen molar-refractivity contribution in [1.82, 2.24) is 0 Å². The second-order valence-corrected chi connectivity index (χ2v) is 7.34. The molecule has 19 heavy (non-hydrogen) atoms. The van der Waals surface area contributed by atoms with E-state index in [1.807, 2.05) is 6.92 Å². The van der Waals surface area contributed by atoms with Crippen molar-refractivity contribution in [3.05, 3.63) is 23.3 Å². The van der Waals surface area contributed by atoms with Crippen molar-refractivity contribution >= 4 is 0 Å². The largest absolute Gasteiger partial charge is 0.386 e. The Balaban J connectivity index is 2.78. The molecule has 110 valence electrons. The zero-order valence-electron chi connectivity index (χ0n) is 13.9. The van der Waals surface area contributed by atoms with Crippen LogP contribution in [0.5, 0.6) is 0 Å². The lowest BCUT2D eigenvalue weighted by molar-refractivity contribution is 0.0632. The lowest BCUT2D eigenvalue weighted by Crippen LogP contribution is -2.35. The predicted molar refractivity (Wildman–Crippen MR) is 84.1 cm³/mol. The zero-order chi connectivity index (χ0) is 14.8. The van der Waals surface area contributed by atoms with Crippen molar-refractivity contribution in [2.75, 3.05) is 0 Å². The molecule has 1 N–H and O–H groups in total. The average Bonchev–Trinajstić information content (AvgIpc) is 2.56. The molecule has 0 heterocycles. The van der Waals surface area contributed by atoms with E-state index in [2.05, 4.69) is 53.7 Å². The molecule has 0 bridgehead atoms. The van der Waals surface area contributed by atoms with Crippen LogP contribution in [0.15, 0.2) is 23.3 Å². The third-order valence-electron chi connectivity index (χ3n) is 5.34. The third-order valence-corrected chi connectivity index (χ3v) is 5.34. The molecule has 0 aliphatic heterocycles. The Morgan fingerprint density at radius 1 is 1.53 bits per heavy atom. The highest BCUT2D eigenvalue weighted by Crippen LogP contribution is 2.51. The Hall–Kier alpha value is -0.560. The van der Waals surface area contributed by atoms with Gasteiger partial charge in [0.2, 0.25) is 0 Å². The maximum atomic E-state index is 10.8. The van der Waals surface area contributed by atoms with Crippen LogP contribution in [0, 0.1) is 17.3 Å². The minimum absolute atomic E-state index is 0.301. The van der Waals surface area contributed by atoms with Crippen LogP contribution in [0.1, 0.15) is 67.7 Å². The highest BCUT2D eigenvalue weighted by molar-refractivity contribution is 5.27. The second-order valence-electron chi connectivity index (χ2n) is 7.34. The Kier molecular flexibility index (Phi) is 5.06. The quantitative estimate of drug-likeness (QED) is 0.684. The van der Waals surface area contributed by atoms with Gasteiger partial charge in [0.15, 0.2) is 0 Å². The van der Waals surface area contributed by atoms with Gasteiger partial charge in [-0.1, -0.05) is 45.4 Å². The molecule has 0 aromatic heterocycles. The van der Waals surface area contributed by atoms with Crippen molar-refractivity contribution in [2.45, 2.75) is 73.3 Å². The summed E-state index contributed by atoms with van der Waals surface area (Å²) in [6.07, 6.45) is 7.39. The summed E-state index contributed by atoms with van der Waals surface area (Å²) in [5, 5.41) is 10.8. The summed E-state index contributed by atoms with van der Waals surface area (Å²) in [5.41, 5.74) is 2.23. The van der Waals surface area contributed by atoms with E-state index in [4.69, 9.17) is 0 Å². The summed E-state index contributed by atoms with van der Waals surface area (Å²) in [5.74, 6) is 1.11. The van der Waals surface area contributed by atoms with Gasteiger partial charge in [-0.25, -0.2) is 0 Å². The van der Waals surface area contributed by atoms with Crippen LogP contribution in [0.25, 0.3) is 0 Å². The molecule has 1 heteroatoms. The highest BCUT2D eigenvalue weighted by atomic mass is 16.3. The van der Waals surface area contributed by atoms with E-state index >= 15 is 0 Å². The molecule has 0 aromatic rings. The van der Waals surface area contributed by atoms with Crippen LogP contribution >= 0.6 is 0 Å². The molecule has 1 aliphatic carbocycles. The molecule has 1 nitrogen and oxygen atoms in total. The summed E-state index contributed by atoms with van der Waals surface area (Å²) in [4.78, 5) is 0. The number of hydrogen-bond donors (Lipinski definition) is 1. The van der Waals surface area contributed by atoms with Gasteiger partial charge < -0.3 is 5.11 Å². The summed E-state index contributed by atoms with van der Waals surface area (Å²) in [7, 11) is 0. The van der Waals surface area contributed by atoms with Crippen LogP contribution in [0.2, 0.25) is 0 Å². The molecule has 0 radical (unpaired) electrons. The molecule has 0 saturated heterocycles. The van der Waals surface area contributed by atoms with E-state index in [1.54, 1.807) is 0 Å². The molecule has 1 rings (SSSR count). The van der Waals surface area contributed by atoms with Gasteiger partial charge in [-0.3, -0.25) is 0 Å². The zero-order valence-corrected chi connectivity index (χ0v) is 13.9. The molecule has 3 unspecified atom stereocenters. The Labute approximate surface area is 119 Å². The van der Waals surface area contributed by atoms with Gasteiger partial charge in [0.1, 0.15) is 0 Å².